The highest BCUT2D eigenvalue weighted by Crippen LogP contribution is 2.04. The first-order chi connectivity index (χ1) is 11.6. The molecular formula is C18H14FN3O2. The van der Waals surface area contributed by atoms with Crippen LogP contribution in [0, 0.1) is 5.82 Å². The number of hydrogen-bond donors (Lipinski definition) is 1. The molecule has 1 heterocycles. The third kappa shape index (κ3) is 3.55. The molecule has 5 nitrogen and oxygen atoms in total. The van der Waals surface area contributed by atoms with Gasteiger partial charge in [-0.15, -0.1) is 0 Å². The number of carbonyl (C=O) groups is 1. The highest BCUT2D eigenvalue weighted by Gasteiger charge is 2.10. The summed E-state index contributed by atoms with van der Waals surface area (Å²) in [5.74, 6) is -0.745. The van der Waals surface area contributed by atoms with Crippen LogP contribution in [-0.4, -0.2) is 15.7 Å². The average molecular weight is 323 g/mol. The molecule has 0 saturated carbocycles. The molecule has 0 atom stereocenters. The fourth-order valence-electron chi connectivity index (χ4n) is 2.16. The Morgan fingerprint density at radius 1 is 1.00 bits per heavy atom. The summed E-state index contributed by atoms with van der Waals surface area (Å²) >= 11 is 0. The molecule has 0 bridgehead atoms. The monoisotopic (exact) mass is 323 g/mol. The van der Waals surface area contributed by atoms with E-state index in [2.05, 4.69) is 10.4 Å². The fraction of sp³-hybridized carbons (Fsp3) is 0.0556. The molecule has 1 amide bonds. The third-order valence-corrected chi connectivity index (χ3v) is 3.40. The van der Waals surface area contributed by atoms with Crippen LogP contribution in [-0.2, 0) is 6.54 Å². The van der Waals surface area contributed by atoms with Gasteiger partial charge in [0, 0.05) is 12.6 Å². The van der Waals surface area contributed by atoms with Crippen molar-refractivity contribution < 1.29 is 9.18 Å². The van der Waals surface area contributed by atoms with E-state index in [9.17, 15) is 14.0 Å². The predicted molar refractivity (Wildman–Crippen MR) is 87.4 cm³/mol. The minimum absolute atomic E-state index is 0.126. The molecule has 0 unspecified atom stereocenters. The minimum Gasteiger partial charge on any atom is -0.347 e. The number of rotatable bonds is 4. The number of nitrogens with one attached hydrogen (secondary N) is 1. The van der Waals surface area contributed by atoms with Crippen LogP contribution < -0.4 is 10.9 Å². The number of benzene rings is 2. The number of hydrogen-bond acceptors (Lipinski definition) is 3. The van der Waals surface area contributed by atoms with Crippen LogP contribution in [0.4, 0.5) is 4.39 Å². The topological polar surface area (TPSA) is 64.0 Å². The fourth-order valence-corrected chi connectivity index (χ4v) is 2.16. The molecule has 0 saturated heterocycles. The van der Waals surface area contributed by atoms with Crippen LogP contribution >= 0.6 is 0 Å². The summed E-state index contributed by atoms with van der Waals surface area (Å²) in [7, 11) is 0. The first kappa shape index (κ1) is 15.6. The van der Waals surface area contributed by atoms with Crippen molar-refractivity contribution in [1.29, 1.82) is 0 Å². The summed E-state index contributed by atoms with van der Waals surface area (Å²) in [4.78, 5) is 24.2. The molecule has 0 radical (unpaired) electrons. The Labute approximate surface area is 137 Å². The van der Waals surface area contributed by atoms with Crippen LogP contribution in [0.1, 0.15) is 16.1 Å². The minimum atomic E-state index is -0.413. The Balaban J connectivity index is 1.78. The lowest BCUT2D eigenvalue weighted by Crippen LogP contribution is -2.28. The number of nitrogens with zero attached hydrogens (tertiary/aromatic N) is 2. The van der Waals surface area contributed by atoms with E-state index in [1.165, 1.54) is 28.9 Å². The van der Waals surface area contributed by atoms with Gasteiger partial charge >= 0.3 is 0 Å². The Kier molecular flexibility index (Phi) is 4.47. The van der Waals surface area contributed by atoms with Crippen molar-refractivity contribution in [3.8, 4) is 5.69 Å². The Bertz CT molecular complexity index is 906. The van der Waals surface area contributed by atoms with Gasteiger partial charge in [-0.25, -0.2) is 4.39 Å². The van der Waals surface area contributed by atoms with Crippen molar-refractivity contribution in [1.82, 2.24) is 15.1 Å². The predicted octanol–water partition coefficient (Wildman–Crippen LogP) is 2.30. The van der Waals surface area contributed by atoms with Crippen LogP contribution in [0.25, 0.3) is 5.69 Å². The van der Waals surface area contributed by atoms with E-state index in [-0.39, 0.29) is 23.6 Å². The van der Waals surface area contributed by atoms with Crippen molar-refractivity contribution in [2.24, 2.45) is 0 Å². The zero-order valence-corrected chi connectivity index (χ0v) is 12.6. The van der Waals surface area contributed by atoms with Gasteiger partial charge in [0.2, 0.25) is 0 Å². The van der Waals surface area contributed by atoms with E-state index in [1.54, 1.807) is 36.4 Å². The molecule has 0 fully saturated rings. The lowest BCUT2D eigenvalue weighted by Gasteiger charge is -2.08. The van der Waals surface area contributed by atoms with Gasteiger partial charge in [-0.1, -0.05) is 30.3 Å². The van der Waals surface area contributed by atoms with Crippen molar-refractivity contribution >= 4 is 5.91 Å². The van der Waals surface area contributed by atoms with Crippen LogP contribution in [0.5, 0.6) is 0 Å². The van der Waals surface area contributed by atoms with Crippen LogP contribution in [0.2, 0.25) is 0 Å². The maximum absolute atomic E-state index is 12.9. The molecule has 0 aliphatic rings. The molecule has 2 aromatic carbocycles. The summed E-state index contributed by atoms with van der Waals surface area (Å²) in [6.07, 6.45) is 0. The first-order valence-electron chi connectivity index (χ1n) is 7.32. The molecule has 1 N–H and O–H groups in total. The molecule has 6 heteroatoms. The second-order valence-corrected chi connectivity index (χ2v) is 5.11. The molecule has 24 heavy (non-hydrogen) atoms. The maximum Gasteiger partial charge on any atom is 0.272 e. The second-order valence-electron chi connectivity index (χ2n) is 5.11. The van der Waals surface area contributed by atoms with Crippen molar-refractivity contribution in [2.45, 2.75) is 6.54 Å². The van der Waals surface area contributed by atoms with Gasteiger partial charge in [0.05, 0.1) is 5.69 Å². The molecule has 0 aliphatic heterocycles. The Hall–Kier alpha value is -3.28. The molecule has 1 aromatic heterocycles. The molecule has 120 valence electrons. The quantitative estimate of drug-likeness (QED) is 0.801. The standard InChI is InChI=1S/C18H14FN3O2/c19-14-8-6-13(7-9-14)12-20-18(24)16-10-11-17(23)22(21-16)15-4-2-1-3-5-15/h1-11H,12H2,(H,20,24). The van der Waals surface area contributed by atoms with E-state index in [0.717, 1.165) is 5.56 Å². The van der Waals surface area contributed by atoms with Crippen molar-refractivity contribution in [3.63, 3.8) is 0 Å². The van der Waals surface area contributed by atoms with Gasteiger partial charge in [-0.2, -0.15) is 9.78 Å². The Morgan fingerprint density at radius 2 is 1.71 bits per heavy atom. The largest absolute Gasteiger partial charge is 0.347 e. The van der Waals surface area contributed by atoms with Gasteiger partial charge in [-0.3, -0.25) is 9.59 Å². The van der Waals surface area contributed by atoms with Crippen LogP contribution in [0.3, 0.4) is 0 Å². The van der Waals surface area contributed by atoms with E-state index < -0.39 is 5.91 Å². The lowest BCUT2D eigenvalue weighted by molar-refractivity contribution is 0.0944. The molecular weight excluding hydrogens is 309 g/mol. The average Bonchev–Trinajstić information content (AvgIpc) is 2.62. The highest BCUT2D eigenvalue weighted by atomic mass is 19.1. The molecule has 0 spiro atoms. The summed E-state index contributed by atoms with van der Waals surface area (Å²) in [5.41, 5.74) is 1.15. The van der Waals surface area contributed by atoms with Crippen LogP contribution in [0.15, 0.2) is 71.5 Å². The van der Waals surface area contributed by atoms with Gasteiger partial charge < -0.3 is 5.32 Å². The van der Waals surface area contributed by atoms with E-state index in [1.807, 2.05) is 6.07 Å². The van der Waals surface area contributed by atoms with Gasteiger partial charge in [0.25, 0.3) is 11.5 Å². The summed E-state index contributed by atoms with van der Waals surface area (Å²) in [6.45, 7) is 0.241. The van der Waals surface area contributed by atoms with Crippen molar-refractivity contribution in [3.05, 3.63) is 94.2 Å². The second kappa shape index (κ2) is 6.87. The highest BCUT2D eigenvalue weighted by molar-refractivity contribution is 5.92. The molecule has 0 aliphatic carbocycles. The van der Waals surface area contributed by atoms with Gasteiger partial charge in [-0.05, 0) is 35.9 Å². The molecule has 3 rings (SSSR count). The Morgan fingerprint density at radius 3 is 2.42 bits per heavy atom. The normalized spacial score (nSPS) is 10.4. The zero-order valence-electron chi connectivity index (χ0n) is 12.6. The number of amides is 1. The SMILES string of the molecule is O=C(NCc1ccc(F)cc1)c1ccc(=O)n(-c2ccccc2)n1. The van der Waals surface area contributed by atoms with E-state index in [0.29, 0.717) is 5.69 Å². The smallest absolute Gasteiger partial charge is 0.272 e. The van der Waals surface area contributed by atoms with Crippen molar-refractivity contribution in [2.75, 3.05) is 0 Å². The van der Waals surface area contributed by atoms with E-state index in [4.69, 9.17) is 0 Å². The maximum atomic E-state index is 12.9. The summed E-state index contributed by atoms with van der Waals surface area (Å²) < 4.78 is 14.0. The lowest BCUT2D eigenvalue weighted by atomic mass is 10.2. The first-order valence-corrected chi connectivity index (χ1v) is 7.32. The number of carbonyl (C=O) groups excluding carboxylic acids is 1. The summed E-state index contributed by atoms with van der Waals surface area (Å²) in [6, 6.07) is 17.4. The number of halogens is 1. The van der Waals surface area contributed by atoms with Gasteiger partial charge in [0.1, 0.15) is 11.5 Å². The summed E-state index contributed by atoms with van der Waals surface area (Å²) in [5, 5.41) is 6.79. The number of para-hydroxylation sites is 1. The zero-order chi connectivity index (χ0) is 16.9. The molecule has 3 aromatic rings. The number of aromatic nitrogens is 2. The third-order valence-electron chi connectivity index (χ3n) is 3.40. The van der Waals surface area contributed by atoms with E-state index >= 15 is 0 Å². The van der Waals surface area contributed by atoms with Gasteiger partial charge in [0.15, 0.2) is 0 Å².